The quantitative estimate of drug-likeness (QED) is 0.796. The molecule has 0 atom stereocenters. The molecule has 0 bridgehead atoms. The van der Waals surface area contributed by atoms with E-state index in [9.17, 15) is 4.39 Å². The molecule has 0 spiro atoms. The highest BCUT2D eigenvalue weighted by molar-refractivity contribution is 6.17. The highest BCUT2D eigenvalue weighted by Gasteiger charge is 2.14. The number of benzene rings is 1. The topological polar surface area (TPSA) is 30.7 Å². The van der Waals surface area contributed by atoms with Crippen LogP contribution in [0.25, 0.3) is 5.69 Å². The van der Waals surface area contributed by atoms with Crippen molar-refractivity contribution in [2.24, 2.45) is 0 Å². The summed E-state index contributed by atoms with van der Waals surface area (Å²) in [5.41, 5.74) is 1.13. The largest absolute Gasteiger partial charge is 0.217 e. The molecule has 2 aromatic rings. The molecular weight excluding hydrogens is 253 g/mol. The molecule has 0 fully saturated rings. The van der Waals surface area contributed by atoms with Crippen LogP contribution in [-0.4, -0.2) is 14.8 Å². The first-order valence-electron chi connectivity index (χ1n) is 5.99. The Labute approximate surface area is 111 Å². The fourth-order valence-electron chi connectivity index (χ4n) is 1.84. The molecule has 0 aliphatic heterocycles. The zero-order valence-corrected chi connectivity index (χ0v) is 11.2. The number of hydrogen-bond acceptors (Lipinski definition) is 2. The third kappa shape index (κ3) is 2.25. The highest BCUT2D eigenvalue weighted by atomic mass is 35.5. The first-order chi connectivity index (χ1) is 8.71. The minimum atomic E-state index is -0.307. The van der Waals surface area contributed by atoms with Crippen LogP contribution in [0.5, 0.6) is 0 Å². The average molecular weight is 268 g/mol. The fourth-order valence-corrected chi connectivity index (χ4v) is 2.11. The number of alkyl halides is 1. The van der Waals surface area contributed by atoms with E-state index in [-0.39, 0.29) is 11.7 Å². The maximum Gasteiger partial charge on any atom is 0.151 e. The molecular formula is C13H15ClFN3. The number of halogens is 2. The molecule has 0 aliphatic rings. The summed E-state index contributed by atoms with van der Waals surface area (Å²) < 4.78 is 15.4. The summed E-state index contributed by atoms with van der Waals surface area (Å²) >= 11 is 5.82. The molecule has 0 unspecified atom stereocenters. The van der Waals surface area contributed by atoms with Gasteiger partial charge in [0.1, 0.15) is 11.6 Å². The van der Waals surface area contributed by atoms with Crippen molar-refractivity contribution in [1.29, 1.82) is 0 Å². The minimum absolute atomic E-state index is 0.118. The zero-order chi connectivity index (χ0) is 13.1. The first-order valence-corrected chi connectivity index (χ1v) is 6.53. The molecule has 5 heteroatoms. The maximum atomic E-state index is 13.7. The van der Waals surface area contributed by atoms with Gasteiger partial charge in [-0.3, -0.25) is 0 Å². The Hall–Kier alpha value is -1.42. The van der Waals surface area contributed by atoms with Crippen LogP contribution in [0.1, 0.15) is 31.1 Å². The Kier molecular flexibility index (Phi) is 3.97. The number of aromatic nitrogens is 3. The number of nitrogens with zero attached hydrogens (tertiary/aromatic N) is 3. The van der Waals surface area contributed by atoms with Gasteiger partial charge in [0, 0.05) is 18.4 Å². The van der Waals surface area contributed by atoms with Crippen molar-refractivity contribution in [3.63, 3.8) is 0 Å². The van der Waals surface area contributed by atoms with Crippen LogP contribution in [-0.2, 0) is 18.7 Å². The summed E-state index contributed by atoms with van der Waals surface area (Å²) in [6.45, 7) is 3.99. The van der Waals surface area contributed by atoms with E-state index in [1.165, 1.54) is 6.07 Å². The third-order valence-corrected chi connectivity index (χ3v) is 3.07. The van der Waals surface area contributed by atoms with Gasteiger partial charge in [-0.05, 0) is 12.1 Å². The van der Waals surface area contributed by atoms with Crippen molar-refractivity contribution in [3.05, 3.63) is 41.2 Å². The summed E-state index contributed by atoms with van der Waals surface area (Å²) in [6.07, 6.45) is 1.50. The van der Waals surface area contributed by atoms with Crippen LogP contribution in [0.4, 0.5) is 4.39 Å². The summed E-state index contributed by atoms with van der Waals surface area (Å²) in [5, 5.41) is 4.40. The van der Waals surface area contributed by atoms with Gasteiger partial charge >= 0.3 is 0 Å². The number of rotatable bonds is 4. The summed E-state index contributed by atoms with van der Waals surface area (Å²) in [4.78, 5) is 4.41. The minimum Gasteiger partial charge on any atom is -0.217 e. The van der Waals surface area contributed by atoms with Crippen LogP contribution >= 0.6 is 11.6 Å². The molecule has 1 aromatic heterocycles. The number of aryl methyl sites for hydroxylation is 2. The van der Waals surface area contributed by atoms with E-state index in [2.05, 4.69) is 10.1 Å². The van der Waals surface area contributed by atoms with Crippen molar-refractivity contribution in [2.45, 2.75) is 32.6 Å². The second-order valence-electron chi connectivity index (χ2n) is 3.93. The lowest BCUT2D eigenvalue weighted by molar-refractivity contribution is 0.612. The molecule has 0 N–H and O–H groups in total. The van der Waals surface area contributed by atoms with Crippen molar-refractivity contribution >= 4 is 11.6 Å². The molecule has 96 valence electrons. The smallest absolute Gasteiger partial charge is 0.151 e. The van der Waals surface area contributed by atoms with Crippen LogP contribution in [0.15, 0.2) is 18.2 Å². The second kappa shape index (κ2) is 5.48. The lowest BCUT2D eigenvalue weighted by Crippen LogP contribution is -2.06. The molecule has 1 aromatic carbocycles. The monoisotopic (exact) mass is 267 g/mol. The summed E-state index contributed by atoms with van der Waals surface area (Å²) in [7, 11) is 0. The van der Waals surface area contributed by atoms with Crippen molar-refractivity contribution in [3.8, 4) is 5.69 Å². The lowest BCUT2D eigenvalue weighted by Gasteiger charge is -2.09. The normalized spacial score (nSPS) is 10.9. The Morgan fingerprint density at radius 1 is 1.28 bits per heavy atom. The molecule has 0 saturated heterocycles. The fraction of sp³-hybridized carbons (Fsp3) is 0.385. The Balaban J connectivity index is 2.60. The molecule has 3 nitrogen and oxygen atoms in total. The number of hydrogen-bond donors (Lipinski definition) is 0. The molecule has 18 heavy (non-hydrogen) atoms. The maximum absolute atomic E-state index is 13.7. The first kappa shape index (κ1) is 13.0. The van der Waals surface area contributed by atoms with Gasteiger partial charge in [0.05, 0.1) is 11.6 Å². The van der Waals surface area contributed by atoms with E-state index in [0.29, 0.717) is 11.3 Å². The van der Waals surface area contributed by atoms with E-state index < -0.39 is 0 Å². The van der Waals surface area contributed by atoms with Crippen LogP contribution in [0.3, 0.4) is 0 Å². The van der Waals surface area contributed by atoms with Crippen LogP contribution in [0.2, 0.25) is 0 Å². The van der Waals surface area contributed by atoms with Gasteiger partial charge in [-0.15, -0.1) is 11.6 Å². The van der Waals surface area contributed by atoms with Gasteiger partial charge in [0.25, 0.3) is 0 Å². The van der Waals surface area contributed by atoms with E-state index >= 15 is 0 Å². The lowest BCUT2D eigenvalue weighted by atomic mass is 10.2. The van der Waals surface area contributed by atoms with Crippen molar-refractivity contribution in [1.82, 2.24) is 14.8 Å². The summed E-state index contributed by atoms with van der Waals surface area (Å²) in [6, 6.07) is 4.88. The van der Waals surface area contributed by atoms with Gasteiger partial charge in [0.15, 0.2) is 5.82 Å². The Morgan fingerprint density at radius 2 is 2.06 bits per heavy atom. The molecule has 1 heterocycles. The SMILES string of the molecule is CCc1nc(CC)n(-c2cccc(F)c2CCl)n1. The second-order valence-corrected chi connectivity index (χ2v) is 4.20. The van der Waals surface area contributed by atoms with Crippen LogP contribution < -0.4 is 0 Å². The van der Waals surface area contributed by atoms with E-state index in [0.717, 1.165) is 24.5 Å². The zero-order valence-electron chi connectivity index (χ0n) is 10.5. The van der Waals surface area contributed by atoms with Gasteiger partial charge in [-0.1, -0.05) is 19.9 Å². The van der Waals surface area contributed by atoms with E-state index in [4.69, 9.17) is 11.6 Å². The molecule has 0 radical (unpaired) electrons. The average Bonchev–Trinajstić information content (AvgIpc) is 2.81. The summed E-state index contributed by atoms with van der Waals surface area (Å²) in [5.74, 6) is 1.39. The molecule has 0 aliphatic carbocycles. The van der Waals surface area contributed by atoms with Crippen LogP contribution in [0, 0.1) is 5.82 Å². The molecule has 2 rings (SSSR count). The predicted molar refractivity (Wildman–Crippen MR) is 69.6 cm³/mol. The Morgan fingerprint density at radius 3 is 2.67 bits per heavy atom. The van der Waals surface area contributed by atoms with E-state index in [1.54, 1.807) is 10.7 Å². The third-order valence-electron chi connectivity index (χ3n) is 2.81. The predicted octanol–water partition coefficient (Wildman–Crippen LogP) is 3.27. The molecule has 0 saturated carbocycles. The Bertz CT molecular complexity index is 551. The highest BCUT2D eigenvalue weighted by Crippen LogP contribution is 2.21. The standard InChI is InChI=1S/C13H15ClFN3/c1-3-12-16-13(4-2)18(17-12)11-7-5-6-10(15)9(11)8-14/h5-7H,3-4,8H2,1-2H3. The van der Waals surface area contributed by atoms with Gasteiger partial charge < -0.3 is 0 Å². The van der Waals surface area contributed by atoms with Crippen molar-refractivity contribution in [2.75, 3.05) is 0 Å². The van der Waals surface area contributed by atoms with E-state index in [1.807, 2.05) is 19.9 Å². The molecule has 0 amide bonds. The van der Waals surface area contributed by atoms with Gasteiger partial charge in [0.2, 0.25) is 0 Å². The van der Waals surface area contributed by atoms with Gasteiger partial charge in [-0.25, -0.2) is 14.1 Å². The van der Waals surface area contributed by atoms with Gasteiger partial charge in [-0.2, -0.15) is 5.10 Å². The van der Waals surface area contributed by atoms with Crippen molar-refractivity contribution < 1.29 is 4.39 Å².